The molecule has 10 heteroatoms. The summed E-state index contributed by atoms with van der Waals surface area (Å²) in [6.07, 6.45) is 5.78. The van der Waals surface area contributed by atoms with E-state index in [4.69, 9.17) is 11.2 Å². The predicted octanol–water partition coefficient (Wildman–Crippen LogP) is 1.30. The molecule has 0 aromatic carbocycles. The van der Waals surface area contributed by atoms with Crippen molar-refractivity contribution >= 4 is 17.8 Å². The third-order valence-electron chi connectivity index (χ3n) is 4.42. The number of carbonyl (C=O) groups is 2. The molecule has 0 saturated heterocycles. The van der Waals surface area contributed by atoms with Crippen LogP contribution in [-0.2, 0) is 22.6 Å². The van der Waals surface area contributed by atoms with E-state index in [1.54, 1.807) is 13.8 Å². The second-order valence-electron chi connectivity index (χ2n) is 6.73. The molecule has 10 nitrogen and oxygen atoms in total. The van der Waals surface area contributed by atoms with Crippen LogP contribution in [0.25, 0.3) is 0 Å². The minimum absolute atomic E-state index is 0.114. The maximum atomic E-state index is 12.8. The summed E-state index contributed by atoms with van der Waals surface area (Å²) in [4.78, 5) is 45.7. The van der Waals surface area contributed by atoms with E-state index in [-0.39, 0.29) is 31.4 Å². The molecule has 0 unspecified atom stereocenters. The van der Waals surface area contributed by atoms with Gasteiger partial charge in [0, 0.05) is 36.4 Å². The number of carbonyl (C=O) groups excluding carboxylic acids is 2. The van der Waals surface area contributed by atoms with Gasteiger partial charge in [-0.2, -0.15) is 0 Å². The summed E-state index contributed by atoms with van der Waals surface area (Å²) < 4.78 is 6.12. The van der Waals surface area contributed by atoms with Gasteiger partial charge < -0.3 is 10.1 Å². The molecular formula is C21H26N6O4. The average molecular weight is 426 g/mol. The number of terminal acetylenes is 1. The average Bonchev–Trinajstić information content (AvgIpc) is 2.73. The van der Waals surface area contributed by atoms with Crippen LogP contribution in [0.2, 0.25) is 0 Å². The van der Waals surface area contributed by atoms with Crippen LogP contribution in [0.15, 0.2) is 23.1 Å². The number of anilines is 1. The molecule has 164 valence electrons. The van der Waals surface area contributed by atoms with Crippen LogP contribution >= 0.6 is 0 Å². The highest BCUT2D eigenvalue weighted by atomic mass is 16.6. The van der Waals surface area contributed by atoms with Crippen LogP contribution in [0, 0.1) is 33.1 Å². The van der Waals surface area contributed by atoms with E-state index in [2.05, 4.69) is 26.6 Å². The first-order valence-electron chi connectivity index (χ1n) is 9.67. The van der Waals surface area contributed by atoms with Crippen molar-refractivity contribution in [3.8, 4) is 12.3 Å². The number of amides is 2. The van der Waals surface area contributed by atoms with E-state index in [1.165, 1.54) is 10.8 Å². The first-order chi connectivity index (χ1) is 14.8. The Morgan fingerprint density at radius 2 is 2.03 bits per heavy atom. The SMILES string of the molecule is C#CCOC(=O)N(CC)Nc1ncc(C)n(CC(=O)NCc2ccc(C)nc2C)c1=O. The second-order valence-corrected chi connectivity index (χ2v) is 6.73. The highest BCUT2D eigenvalue weighted by molar-refractivity contribution is 5.76. The van der Waals surface area contributed by atoms with Crippen molar-refractivity contribution in [3.05, 3.63) is 51.3 Å². The Labute approximate surface area is 180 Å². The summed E-state index contributed by atoms with van der Waals surface area (Å²) in [6, 6.07) is 3.78. The normalized spacial score (nSPS) is 10.2. The fourth-order valence-electron chi connectivity index (χ4n) is 2.70. The lowest BCUT2D eigenvalue weighted by Gasteiger charge is -2.21. The molecule has 0 spiro atoms. The van der Waals surface area contributed by atoms with Gasteiger partial charge in [-0.3, -0.25) is 24.6 Å². The largest absolute Gasteiger partial charge is 0.435 e. The number of hydrazine groups is 1. The maximum absolute atomic E-state index is 12.8. The number of nitrogens with zero attached hydrogens (tertiary/aromatic N) is 4. The Morgan fingerprint density at radius 3 is 2.68 bits per heavy atom. The van der Waals surface area contributed by atoms with Gasteiger partial charge >= 0.3 is 6.09 Å². The Morgan fingerprint density at radius 1 is 1.29 bits per heavy atom. The van der Waals surface area contributed by atoms with E-state index in [0.29, 0.717) is 12.2 Å². The lowest BCUT2D eigenvalue weighted by atomic mass is 10.2. The van der Waals surface area contributed by atoms with Gasteiger partial charge in [0.1, 0.15) is 6.54 Å². The van der Waals surface area contributed by atoms with Crippen LogP contribution in [0.1, 0.15) is 29.6 Å². The molecule has 2 rings (SSSR count). The smallest absolute Gasteiger partial charge is 0.429 e. The van der Waals surface area contributed by atoms with Gasteiger partial charge in [0.2, 0.25) is 11.7 Å². The number of aromatic nitrogens is 3. The zero-order chi connectivity index (χ0) is 23.0. The first-order valence-corrected chi connectivity index (χ1v) is 9.67. The molecule has 2 aromatic heterocycles. The van der Waals surface area contributed by atoms with Crippen LogP contribution in [0.5, 0.6) is 0 Å². The molecule has 0 atom stereocenters. The van der Waals surface area contributed by atoms with Gasteiger partial charge in [-0.05, 0) is 39.3 Å². The van der Waals surface area contributed by atoms with Gasteiger partial charge in [-0.1, -0.05) is 12.0 Å². The number of pyridine rings is 1. The van der Waals surface area contributed by atoms with Crippen molar-refractivity contribution in [2.75, 3.05) is 18.6 Å². The molecule has 31 heavy (non-hydrogen) atoms. The van der Waals surface area contributed by atoms with Crippen LogP contribution in [0.4, 0.5) is 10.6 Å². The summed E-state index contributed by atoms with van der Waals surface area (Å²) in [7, 11) is 0. The molecule has 0 saturated carbocycles. The van der Waals surface area contributed by atoms with Crippen molar-refractivity contribution < 1.29 is 14.3 Å². The Kier molecular flexibility index (Phi) is 8.14. The van der Waals surface area contributed by atoms with E-state index < -0.39 is 11.7 Å². The molecule has 2 aromatic rings. The zero-order valence-electron chi connectivity index (χ0n) is 18.1. The van der Waals surface area contributed by atoms with E-state index in [1.807, 2.05) is 26.0 Å². The van der Waals surface area contributed by atoms with Crippen molar-refractivity contribution in [2.45, 2.75) is 40.8 Å². The van der Waals surface area contributed by atoms with Gasteiger partial charge in [0.15, 0.2) is 6.61 Å². The van der Waals surface area contributed by atoms with Crippen molar-refractivity contribution in [2.24, 2.45) is 0 Å². The van der Waals surface area contributed by atoms with E-state index in [9.17, 15) is 14.4 Å². The number of ether oxygens (including phenoxy) is 1. The van der Waals surface area contributed by atoms with Crippen LogP contribution in [0.3, 0.4) is 0 Å². The number of hydrogen-bond donors (Lipinski definition) is 2. The lowest BCUT2D eigenvalue weighted by Crippen LogP contribution is -2.41. The van der Waals surface area contributed by atoms with Gasteiger partial charge in [0.05, 0.1) is 0 Å². The van der Waals surface area contributed by atoms with Crippen molar-refractivity contribution in [1.29, 1.82) is 0 Å². The Balaban J connectivity index is 2.10. The standard InChI is InChI=1S/C21H26N6O4/c1-6-10-31-21(30)27(7-2)25-19-20(29)26(15(4)11-23-19)13-18(28)22-12-17-9-8-14(3)24-16(17)5/h1,8-9,11H,7,10,12-13H2,2-5H3,(H,22,28)(H,23,25). The minimum Gasteiger partial charge on any atom is -0.435 e. The van der Waals surface area contributed by atoms with Crippen molar-refractivity contribution in [1.82, 2.24) is 24.9 Å². The molecule has 0 aliphatic carbocycles. The monoisotopic (exact) mass is 426 g/mol. The molecule has 0 aliphatic heterocycles. The van der Waals surface area contributed by atoms with Gasteiger partial charge in [-0.15, -0.1) is 6.42 Å². The van der Waals surface area contributed by atoms with Crippen molar-refractivity contribution in [3.63, 3.8) is 0 Å². The summed E-state index contributed by atoms with van der Waals surface area (Å²) in [6.45, 7) is 7.22. The summed E-state index contributed by atoms with van der Waals surface area (Å²) in [5.41, 5.74) is 5.20. The number of nitrogens with one attached hydrogen (secondary N) is 2. The summed E-state index contributed by atoms with van der Waals surface area (Å²) in [5, 5.41) is 3.86. The number of hydrogen-bond acceptors (Lipinski definition) is 7. The number of aryl methyl sites for hydroxylation is 3. The summed E-state index contributed by atoms with van der Waals surface area (Å²) >= 11 is 0. The highest BCUT2D eigenvalue weighted by Crippen LogP contribution is 2.06. The minimum atomic E-state index is -0.742. The van der Waals surface area contributed by atoms with Crippen LogP contribution < -0.4 is 16.3 Å². The topological polar surface area (TPSA) is 118 Å². The fourth-order valence-corrected chi connectivity index (χ4v) is 2.70. The number of rotatable bonds is 8. The molecule has 2 amide bonds. The molecule has 0 aliphatic rings. The fraction of sp³-hybridized carbons (Fsp3) is 0.381. The molecule has 0 radical (unpaired) electrons. The maximum Gasteiger partial charge on any atom is 0.429 e. The molecular weight excluding hydrogens is 400 g/mol. The third kappa shape index (κ3) is 6.30. The van der Waals surface area contributed by atoms with Gasteiger partial charge in [0.25, 0.3) is 5.56 Å². The highest BCUT2D eigenvalue weighted by Gasteiger charge is 2.17. The molecule has 0 bridgehead atoms. The van der Waals surface area contributed by atoms with E-state index >= 15 is 0 Å². The Hall–Kier alpha value is -3.87. The summed E-state index contributed by atoms with van der Waals surface area (Å²) in [5.74, 6) is 1.73. The molecule has 0 fully saturated rings. The van der Waals surface area contributed by atoms with E-state index in [0.717, 1.165) is 22.0 Å². The first kappa shape index (κ1) is 23.4. The predicted molar refractivity (Wildman–Crippen MR) is 115 cm³/mol. The second kappa shape index (κ2) is 10.8. The third-order valence-corrected chi connectivity index (χ3v) is 4.42. The van der Waals surface area contributed by atoms with Gasteiger partial charge in [-0.25, -0.2) is 14.8 Å². The van der Waals surface area contributed by atoms with Crippen LogP contribution in [-0.4, -0.2) is 44.7 Å². The lowest BCUT2D eigenvalue weighted by molar-refractivity contribution is -0.121. The Bertz CT molecular complexity index is 1060. The molecule has 2 heterocycles. The molecule has 2 N–H and O–H groups in total. The zero-order valence-corrected chi connectivity index (χ0v) is 18.1. The quantitative estimate of drug-likeness (QED) is 0.482.